The third-order valence-corrected chi connectivity index (χ3v) is 7.68. The number of carbonyl (C=O) groups is 1. The maximum atomic E-state index is 13.8. The maximum Gasteiger partial charge on any atom is 0.418 e. The van der Waals surface area contributed by atoms with Crippen molar-refractivity contribution in [3.63, 3.8) is 0 Å². The number of hydrogen-bond acceptors (Lipinski definition) is 4. The predicted molar refractivity (Wildman–Crippen MR) is 150 cm³/mol. The molecule has 6 nitrogen and oxygen atoms in total. The van der Waals surface area contributed by atoms with E-state index < -0.39 is 23.2 Å². The van der Waals surface area contributed by atoms with Crippen LogP contribution in [-0.4, -0.2) is 34.2 Å². The van der Waals surface area contributed by atoms with Crippen LogP contribution in [0.5, 0.6) is 5.75 Å². The fourth-order valence-electron chi connectivity index (χ4n) is 5.70. The Labute approximate surface area is 234 Å². The highest BCUT2D eigenvalue weighted by Gasteiger charge is 2.40. The van der Waals surface area contributed by atoms with Gasteiger partial charge in [-0.3, -0.25) is 4.79 Å². The van der Waals surface area contributed by atoms with Gasteiger partial charge < -0.3 is 24.6 Å². The SMILES string of the molecule is CC(C)Oc1ccc(-c2cc3ccccc3o2)cc1C(=O)N[C@@]1(CO)CCc2[nH]c3c(C(F)(F)F)cccc3c2C1. The number of aryl methyl sites for hydroxylation is 1. The molecular formula is C32H29F3N2O4. The molecular weight excluding hydrogens is 533 g/mol. The van der Waals surface area contributed by atoms with Crippen molar-refractivity contribution in [3.05, 3.63) is 89.1 Å². The molecule has 0 unspecified atom stereocenters. The average molecular weight is 563 g/mol. The molecule has 0 radical (unpaired) electrons. The first kappa shape index (κ1) is 27.0. The van der Waals surface area contributed by atoms with Gasteiger partial charge in [0.15, 0.2) is 0 Å². The average Bonchev–Trinajstić information content (AvgIpc) is 3.53. The number of furan rings is 1. The number of para-hydroxylation sites is 2. The summed E-state index contributed by atoms with van der Waals surface area (Å²) in [6.45, 7) is 3.34. The minimum Gasteiger partial charge on any atom is -0.490 e. The summed E-state index contributed by atoms with van der Waals surface area (Å²) in [7, 11) is 0. The van der Waals surface area contributed by atoms with Gasteiger partial charge in [0.1, 0.15) is 17.1 Å². The number of ether oxygens (including phenoxy) is 1. The van der Waals surface area contributed by atoms with Crippen molar-refractivity contribution in [2.24, 2.45) is 0 Å². The molecule has 1 aliphatic carbocycles. The lowest BCUT2D eigenvalue weighted by molar-refractivity contribution is -0.136. The molecule has 1 aliphatic rings. The van der Waals surface area contributed by atoms with Crippen molar-refractivity contribution in [1.82, 2.24) is 10.3 Å². The van der Waals surface area contributed by atoms with E-state index in [1.807, 2.05) is 50.2 Å². The lowest BCUT2D eigenvalue weighted by Gasteiger charge is -2.37. The van der Waals surface area contributed by atoms with Gasteiger partial charge in [-0.2, -0.15) is 13.2 Å². The number of aliphatic hydroxyl groups excluding tert-OH is 1. The highest BCUT2D eigenvalue weighted by Crippen LogP contribution is 2.40. The van der Waals surface area contributed by atoms with Crippen molar-refractivity contribution >= 4 is 27.8 Å². The number of benzene rings is 3. The molecule has 3 N–H and O–H groups in total. The minimum absolute atomic E-state index is 0.0243. The number of amides is 1. The summed E-state index contributed by atoms with van der Waals surface area (Å²) in [5.74, 6) is 0.519. The maximum absolute atomic E-state index is 13.8. The first-order valence-electron chi connectivity index (χ1n) is 13.5. The van der Waals surface area contributed by atoms with Gasteiger partial charge in [0, 0.05) is 28.5 Å². The lowest BCUT2D eigenvalue weighted by atomic mass is 9.80. The van der Waals surface area contributed by atoms with E-state index in [1.165, 1.54) is 6.07 Å². The third kappa shape index (κ3) is 4.95. The molecule has 0 fully saturated rings. The molecule has 6 rings (SSSR count). The van der Waals surface area contributed by atoms with E-state index in [-0.39, 0.29) is 30.2 Å². The number of rotatable bonds is 6. The molecule has 5 aromatic rings. The van der Waals surface area contributed by atoms with Crippen LogP contribution in [0, 0.1) is 0 Å². The fourth-order valence-corrected chi connectivity index (χ4v) is 5.70. The third-order valence-electron chi connectivity index (χ3n) is 7.68. The second kappa shape index (κ2) is 9.99. The van der Waals surface area contributed by atoms with Gasteiger partial charge in [0.05, 0.1) is 34.9 Å². The van der Waals surface area contributed by atoms with E-state index in [0.717, 1.165) is 17.0 Å². The molecule has 0 saturated heterocycles. The Morgan fingerprint density at radius 1 is 1.12 bits per heavy atom. The van der Waals surface area contributed by atoms with Gasteiger partial charge >= 0.3 is 6.18 Å². The fraction of sp³-hybridized carbons (Fsp3) is 0.281. The van der Waals surface area contributed by atoms with Crippen LogP contribution in [0.3, 0.4) is 0 Å². The summed E-state index contributed by atoms with van der Waals surface area (Å²) in [5.41, 5.74) is 1.25. The van der Waals surface area contributed by atoms with Crippen LogP contribution in [0.25, 0.3) is 33.2 Å². The quantitative estimate of drug-likeness (QED) is 0.207. The summed E-state index contributed by atoms with van der Waals surface area (Å²) >= 11 is 0. The molecule has 41 heavy (non-hydrogen) atoms. The molecule has 1 atom stereocenters. The number of aliphatic hydroxyl groups is 1. The van der Waals surface area contributed by atoms with Crippen molar-refractivity contribution < 1.29 is 32.2 Å². The minimum atomic E-state index is -4.51. The number of fused-ring (bicyclic) bond motifs is 4. The van der Waals surface area contributed by atoms with Crippen LogP contribution >= 0.6 is 0 Å². The number of hydrogen-bond donors (Lipinski definition) is 3. The van der Waals surface area contributed by atoms with E-state index >= 15 is 0 Å². The standard InChI is InChI=1S/C32H29F3N2O4/c1-18(2)40-27-11-10-20(28-15-19-6-3-4-9-26(19)41-28)14-22(27)30(39)37-31(17-38)13-12-25-23(16-31)21-7-5-8-24(29(21)36-25)32(33,34)35/h3-11,14-15,18,36,38H,12-13,16-17H2,1-2H3,(H,37,39)/t31-/m0/s1. The zero-order valence-corrected chi connectivity index (χ0v) is 22.6. The largest absolute Gasteiger partial charge is 0.490 e. The number of H-pyrrole nitrogens is 1. The molecule has 9 heteroatoms. The molecule has 0 spiro atoms. The van der Waals surface area contributed by atoms with Crippen molar-refractivity contribution in [2.75, 3.05) is 6.61 Å². The first-order chi connectivity index (χ1) is 19.6. The Morgan fingerprint density at radius 3 is 2.66 bits per heavy atom. The second-order valence-corrected chi connectivity index (χ2v) is 10.9. The summed E-state index contributed by atoms with van der Waals surface area (Å²) < 4.78 is 53.0. The highest BCUT2D eigenvalue weighted by molar-refractivity contribution is 5.99. The predicted octanol–water partition coefficient (Wildman–Crippen LogP) is 7.04. The highest BCUT2D eigenvalue weighted by atomic mass is 19.4. The van der Waals surface area contributed by atoms with Crippen molar-refractivity contribution in [3.8, 4) is 17.1 Å². The Kier molecular flexibility index (Phi) is 6.57. The zero-order valence-electron chi connectivity index (χ0n) is 22.6. The number of alkyl halides is 3. The summed E-state index contributed by atoms with van der Waals surface area (Å²) in [5, 5.41) is 14.9. The summed E-state index contributed by atoms with van der Waals surface area (Å²) in [4.78, 5) is 16.8. The van der Waals surface area contributed by atoms with E-state index in [1.54, 1.807) is 18.2 Å². The number of carbonyl (C=O) groups excluding carboxylic acids is 1. The van der Waals surface area contributed by atoms with Gasteiger partial charge in [0.2, 0.25) is 0 Å². The molecule has 0 aliphatic heterocycles. The van der Waals surface area contributed by atoms with E-state index in [2.05, 4.69) is 10.3 Å². The van der Waals surface area contributed by atoms with Crippen LogP contribution in [0.1, 0.15) is 47.4 Å². The van der Waals surface area contributed by atoms with E-state index in [9.17, 15) is 23.1 Å². The van der Waals surface area contributed by atoms with Crippen LogP contribution in [0.4, 0.5) is 13.2 Å². The van der Waals surface area contributed by atoms with Crippen LogP contribution in [-0.2, 0) is 19.0 Å². The smallest absolute Gasteiger partial charge is 0.418 e. The van der Waals surface area contributed by atoms with Gasteiger partial charge in [0.25, 0.3) is 5.91 Å². The van der Waals surface area contributed by atoms with Crippen molar-refractivity contribution in [2.45, 2.75) is 50.9 Å². The van der Waals surface area contributed by atoms with Gasteiger partial charge in [-0.25, -0.2) is 0 Å². The molecule has 2 aromatic heterocycles. The molecule has 212 valence electrons. The molecule has 0 bridgehead atoms. The van der Waals surface area contributed by atoms with Crippen LogP contribution in [0.15, 0.2) is 71.1 Å². The molecule has 3 aromatic carbocycles. The van der Waals surface area contributed by atoms with Crippen LogP contribution < -0.4 is 10.1 Å². The summed E-state index contributed by atoms with van der Waals surface area (Å²) in [6.07, 6.45) is -3.81. The van der Waals surface area contributed by atoms with Gasteiger partial charge in [-0.1, -0.05) is 30.3 Å². The lowest BCUT2D eigenvalue weighted by Crippen LogP contribution is -2.54. The Bertz CT molecular complexity index is 1740. The van der Waals surface area contributed by atoms with Gasteiger partial charge in [-0.15, -0.1) is 0 Å². The van der Waals surface area contributed by atoms with E-state index in [0.29, 0.717) is 46.6 Å². The molecule has 0 saturated carbocycles. The Hall–Kier alpha value is -4.24. The Balaban J connectivity index is 1.35. The number of nitrogens with one attached hydrogen (secondary N) is 2. The normalized spacial score (nSPS) is 17.2. The Morgan fingerprint density at radius 2 is 1.93 bits per heavy atom. The van der Waals surface area contributed by atoms with Crippen LogP contribution in [0.2, 0.25) is 0 Å². The van der Waals surface area contributed by atoms with Gasteiger partial charge in [-0.05, 0) is 68.7 Å². The monoisotopic (exact) mass is 562 g/mol. The molecule has 2 heterocycles. The van der Waals surface area contributed by atoms with Crippen molar-refractivity contribution in [1.29, 1.82) is 0 Å². The zero-order chi connectivity index (χ0) is 28.9. The summed E-state index contributed by atoms with van der Waals surface area (Å²) in [6, 6.07) is 18.8. The number of halogens is 3. The number of aromatic nitrogens is 1. The first-order valence-corrected chi connectivity index (χ1v) is 13.5. The second-order valence-electron chi connectivity index (χ2n) is 10.9. The van der Waals surface area contributed by atoms with E-state index in [4.69, 9.17) is 9.15 Å². The number of aromatic amines is 1. The molecule has 1 amide bonds. The topological polar surface area (TPSA) is 87.5 Å².